The lowest BCUT2D eigenvalue weighted by Gasteiger charge is -2.43. The fraction of sp³-hybridized carbons (Fsp3) is 0.478. The number of aliphatic hydroxyl groups is 1. The predicted octanol–water partition coefficient (Wildman–Crippen LogP) is 9.97. The van der Waals surface area contributed by atoms with Gasteiger partial charge in [-0.1, -0.05) is 92.6 Å². The Kier molecular flexibility index (Phi) is 18.4. The van der Waals surface area contributed by atoms with Crippen LogP contribution in [0.2, 0.25) is 0 Å². The van der Waals surface area contributed by atoms with Crippen LogP contribution in [0, 0.1) is 36.5 Å². The zero-order valence-electron chi connectivity index (χ0n) is 50.1. The zero-order chi connectivity index (χ0) is 60.1. The summed E-state index contributed by atoms with van der Waals surface area (Å²) in [6.45, 7) is 21.2. The number of thiazole rings is 1. The van der Waals surface area contributed by atoms with Crippen LogP contribution < -0.4 is 30.5 Å². The molecule has 86 heavy (non-hydrogen) atoms. The largest absolute Gasteiger partial charge is 0.507 e. The summed E-state index contributed by atoms with van der Waals surface area (Å²) < 4.78 is 12.4. The molecule has 1 saturated carbocycles. The molecule has 2 bridgehead atoms. The summed E-state index contributed by atoms with van der Waals surface area (Å²) in [5.74, 6) is 9.08. The second-order valence-electron chi connectivity index (χ2n) is 24.6. The number of benzene rings is 2. The number of rotatable bonds is 16. The summed E-state index contributed by atoms with van der Waals surface area (Å²) in [6, 6.07) is 23.2. The van der Waals surface area contributed by atoms with E-state index in [-0.39, 0.29) is 53.6 Å². The Morgan fingerprint density at radius 2 is 1.64 bits per heavy atom. The van der Waals surface area contributed by atoms with Crippen LogP contribution in [0.1, 0.15) is 114 Å². The van der Waals surface area contributed by atoms with Crippen molar-refractivity contribution < 1.29 is 29.1 Å². The number of nitrogens with one attached hydrogen (secondary N) is 1. The summed E-state index contributed by atoms with van der Waals surface area (Å²) in [7, 11) is 0. The van der Waals surface area contributed by atoms with Crippen molar-refractivity contribution in [3.05, 3.63) is 127 Å². The van der Waals surface area contributed by atoms with Gasteiger partial charge < -0.3 is 55.0 Å². The number of aromatic nitrogens is 5. The Labute approximate surface area is 509 Å². The molecule has 6 aliphatic rings. The molecule has 9 heterocycles. The Hall–Kier alpha value is -7.79. The summed E-state index contributed by atoms with van der Waals surface area (Å²) in [5, 5.41) is 38.3. The van der Waals surface area contributed by atoms with E-state index in [0.29, 0.717) is 60.4 Å². The van der Waals surface area contributed by atoms with E-state index in [1.54, 1.807) is 40.5 Å². The van der Waals surface area contributed by atoms with Gasteiger partial charge in [-0.15, -0.1) is 21.5 Å². The number of pyridine rings is 1. The summed E-state index contributed by atoms with van der Waals surface area (Å²) in [5.41, 5.74) is 13.6. The van der Waals surface area contributed by atoms with Gasteiger partial charge in [0, 0.05) is 113 Å². The van der Waals surface area contributed by atoms with Crippen LogP contribution in [-0.4, -0.2) is 139 Å². The average molecular weight is 1180 g/mol. The number of phenolic OH excluding ortho intramolecular Hbond substituents is 1. The number of nitrogens with two attached hydrogens (primary N) is 1. The van der Waals surface area contributed by atoms with E-state index in [9.17, 15) is 19.8 Å². The molecule has 5 saturated heterocycles. The Balaban J connectivity index is 0.00000186. The minimum atomic E-state index is -0.978. The SMILES string of the molecule is C=CC=C.Cc1ncsc1-c1ccc(C(C)NC(=O)C2CCCN2C(=O)C(c2cc(N3CCC(CN4CCC(O)(C#CC5CC(Oc6cc(N7C8CCC7CN(c7cc(-c9ccccc9O)nnc7N)C8)ccn6)C5)CC4)CC3)no2)C(C)C)cc1. The number of nitrogens with zero attached hydrogens (tertiary/aromatic N) is 10. The molecule has 0 spiro atoms. The van der Waals surface area contributed by atoms with Crippen molar-refractivity contribution in [1.82, 2.24) is 40.4 Å². The Morgan fingerprint density at radius 1 is 0.907 bits per heavy atom. The number of aromatic hydroxyl groups is 1. The van der Waals surface area contributed by atoms with Gasteiger partial charge >= 0.3 is 0 Å². The van der Waals surface area contributed by atoms with Crippen molar-refractivity contribution >= 4 is 46.2 Å². The highest BCUT2D eigenvalue weighted by atomic mass is 32.1. The number of aryl methyl sites for hydroxylation is 1. The van der Waals surface area contributed by atoms with Gasteiger partial charge in [-0.3, -0.25) is 9.59 Å². The monoisotopic (exact) mass is 1180 g/mol. The summed E-state index contributed by atoms with van der Waals surface area (Å²) in [4.78, 5) is 49.6. The molecular weight excluding hydrogens is 1100 g/mol. The normalized spacial score (nSPS) is 22.7. The van der Waals surface area contributed by atoms with Crippen LogP contribution in [0.15, 0.2) is 114 Å². The molecule has 19 heteroatoms. The smallest absolute Gasteiger partial charge is 0.243 e. The number of phenols is 1. The van der Waals surface area contributed by atoms with Gasteiger partial charge in [-0.25, -0.2) is 9.97 Å². The maximum Gasteiger partial charge on any atom is 0.243 e. The van der Waals surface area contributed by atoms with Gasteiger partial charge in [0.1, 0.15) is 29.4 Å². The molecular formula is C67H82N12O6S. The van der Waals surface area contributed by atoms with Crippen LogP contribution >= 0.6 is 11.3 Å². The van der Waals surface area contributed by atoms with E-state index in [4.69, 9.17) is 15.0 Å². The van der Waals surface area contributed by atoms with Gasteiger partial charge in [-0.2, -0.15) is 0 Å². The van der Waals surface area contributed by atoms with Crippen LogP contribution in [0.25, 0.3) is 21.7 Å². The van der Waals surface area contributed by atoms with E-state index in [2.05, 4.69) is 112 Å². The number of piperidine rings is 2. The van der Waals surface area contributed by atoms with E-state index >= 15 is 0 Å². The van der Waals surface area contributed by atoms with Crippen LogP contribution in [0.4, 0.5) is 23.0 Å². The van der Waals surface area contributed by atoms with Crippen molar-refractivity contribution in [2.24, 2.45) is 17.8 Å². The molecule has 1 aliphatic carbocycles. The third-order valence-electron chi connectivity index (χ3n) is 18.4. The maximum atomic E-state index is 14.4. The molecule has 4 aromatic heterocycles. The van der Waals surface area contributed by atoms with Gasteiger partial charge in [-0.05, 0) is 112 Å². The molecule has 5 atom stereocenters. The first-order chi connectivity index (χ1) is 41.6. The molecule has 2 aromatic carbocycles. The fourth-order valence-corrected chi connectivity index (χ4v) is 14.2. The molecule has 6 fully saturated rings. The molecule has 18 nitrogen and oxygen atoms in total. The van der Waals surface area contributed by atoms with Crippen LogP contribution in [-0.2, 0) is 9.59 Å². The molecule has 2 amide bonds. The first-order valence-corrected chi connectivity index (χ1v) is 31.6. The number of amides is 2. The second kappa shape index (κ2) is 26.4. The highest BCUT2D eigenvalue weighted by molar-refractivity contribution is 7.13. The molecule has 5 unspecified atom stereocenters. The van der Waals surface area contributed by atoms with Crippen molar-refractivity contribution in [2.75, 3.05) is 72.8 Å². The third kappa shape index (κ3) is 13.4. The third-order valence-corrected chi connectivity index (χ3v) is 19.4. The van der Waals surface area contributed by atoms with E-state index in [1.807, 2.05) is 63.7 Å². The van der Waals surface area contributed by atoms with Gasteiger partial charge in [0.05, 0.1) is 33.5 Å². The molecule has 0 radical (unpaired) electrons. The number of hydrogen-bond acceptors (Lipinski definition) is 17. The number of piperazine rings is 1. The lowest BCUT2D eigenvalue weighted by Crippen LogP contribution is -2.54. The second-order valence-corrected chi connectivity index (χ2v) is 25.5. The van der Waals surface area contributed by atoms with Crippen molar-refractivity contribution in [3.8, 4) is 45.2 Å². The number of ether oxygens (including phenoxy) is 1. The number of allylic oxidation sites excluding steroid dienone is 2. The standard InChI is InChI=1S/C63H76N12O6S.C4H6/c1-39(2)58(62(78)74-25-7-9-52(74)61(77)67-40(3)44-11-13-45(14-12-44)59-41(4)66-38-82-59)55-34-56(70-81-55)72-26-19-42(20-27-72)35-71-28-22-63(79,23-29-71)21-17-43-30-49(31-43)80-57-32-46(18-24-65-57)75-47-15-16-48(75)37-73(36-47)53-33-51(68-69-60(53)64)50-8-5-6-10-54(50)76;1-3-4-2/h5-6,8,10-14,18,24,32-34,38-40,42-43,47-49,52,58,76,79H,7,9,15-16,19-20,22-23,25-31,35-37H2,1-4H3,(H2,64,69)(H,67,77);3-4H,1-2H2. The fourth-order valence-electron chi connectivity index (χ4n) is 13.4. The van der Waals surface area contributed by atoms with Crippen molar-refractivity contribution in [3.63, 3.8) is 0 Å². The number of fused-ring (bicyclic) bond motifs is 2. The minimum Gasteiger partial charge on any atom is -0.507 e. The molecule has 5 aliphatic heterocycles. The van der Waals surface area contributed by atoms with Crippen LogP contribution in [0.5, 0.6) is 11.6 Å². The van der Waals surface area contributed by atoms with E-state index in [0.717, 1.165) is 130 Å². The minimum absolute atomic E-state index is 0.0332. The first kappa shape index (κ1) is 59.9. The topological polar surface area (TPSA) is 216 Å². The number of carbonyl (C=O) groups excluding carboxylic acids is 2. The highest BCUT2D eigenvalue weighted by Gasteiger charge is 2.43. The number of carbonyl (C=O) groups is 2. The molecule has 12 rings (SSSR count). The van der Waals surface area contributed by atoms with Gasteiger partial charge in [0.25, 0.3) is 0 Å². The molecule has 452 valence electrons. The summed E-state index contributed by atoms with van der Waals surface area (Å²) >= 11 is 1.62. The maximum absolute atomic E-state index is 14.4. The van der Waals surface area contributed by atoms with E-state index < -0.39 is 17.6 Å². The average Bonchev–Trinajstić information content (AvgIpc) is 4.53. The van der Waals surface area contributed by atoms with Crippen LogP contribution in [0.3, 0.4) is 0 Å². The van der Waals surface area contributed by atoms with Gasteiger partial charge in [0.15, 0.2) is 17.4 Å². The Bertz CT molecular complexity index is 3390. The lowest BCUT2D eigenvalue weighted by molar-refractivity contribution is -0.141. The number of hydrogen-bond donors (Lipinski definition) is 4. The Morgan fingerprint density at radius 3 is 2.33 bits per heavy atom. The predicted molar refractivity (Wildman–Crippen MR) is 338 cm³/mol. The number of nitrogen functional groups attached to an aromatic ring is 1. The molecule has 6 aromatic rings. The quantitative estimate of drug-likeness (QED) is 0.0524. The number of anilines is 4. The van der Waals surface area contributed by atoms with E-state index in [1.165, 1.54) is 0 Å². The summed E-state index contributed by atoms with van der Waals surface area (Å²) in [6.07, 6.45) is 13.6. The first-order valence-electron chi connectivity index (χ1n) is 30.7. The number of para-hydroxylation sites is 1. The van der Waals surface area contributed by atoms with Crippen molar-refractivity contribution in [1.29, 1.82) is 0 Å². The zero-order valence-corrected chi connectivity index (χ0v) is 50.9. The van der Waals surface area contributed by atoms with Gasteiger partial charge in [0.2, 0.25) is 17.7 Å². The highest BCUT2D eigenvalue weighted by Crippen LogP contribution is 2.41. The van der Waals surface area contributed by atoms with Crippen molar-refractivity contribution in [2.45, 2.75) is 134 Å². The number of likely N-dealkylation sites (tertiary alicyclic amines) is 2. The molecule has 5 N–H and O–H groups in total. The lowest BCUT2D eigenvalue weighted by atomic mass is 9.81.